The van der Waals surface area contributed by atoms with Gasteiger partial charge in [-0.3, -0.25) is 0 Å². The van der Waals surface area contributed by atoms with Crippen molar-refractivity contribution in [2.24, 2.45) is 0 Å². The van der Waals surface area contributed by atoms with Crippen molar-refractivity contribution in [3.8, 4) is 17.2 Å². The highest BCUT2D eigenvalue weighted by molar-refractivity contribution is 5.42. The van der Waals surface area contributed by atoms with Gasteiger partial charge in [0, 0.05) is 12.6 Å². The fourth-order valence-electron chi connectivity index (χ4n) is 1.93. The van der Waals surface area contributed by atoms with Crippen LogP contribution in [0.25, 0.3) is 0 Å². The Morgan fingerprint density at radius 1 is 1.05 bits per heavy atom. The molecule has 0 unspecified atom stereocenters. The zero-order valence-corrected chi connectivity index (χ0v) is 12.3. The van der Waals surface area contributed by atoms with Gasteiger partial charge >= 0.3 is 0 Å². The van der Waals surface area contributed by atoms with E-state index >= 15 is 0 Å². The minimum absolute atomic E-state index is 0.785. The molecule has 1 N–H and O–H groups in total. The number of ether oxygens (including phenoxy) is 2. The summed E-state index contributed by atoms with van der Waals surface area (Å²) < 4.78 is 11.2. The van der Waals surface area contributed by atoms with E-state index in [1.807, 2.05) is 31.2 Å². The monoisotopic (exact) mass is 271 g/mol. The molecular weight excluding hydrogens is 250 g/mol. The van der Waals surface area contributed by atoms with Crippen LogP contribution in [-0.4, -0.2) is 13.7 Å². The molecule has 2 aromatic carbocycles. The fourth-order valence-corrected chi connectivity index (χ4v) is 1.93. The second-order valence-electron chi connectivity index (χ2n) is 4.66. The molecule has 0 amide bonds. The van der Waals surface area contributed by atoms with E-state index in [4.69, 9.17) is 9.47 Å². The number of rotatable bonds is 6. The highest BCUT2D eigenvalue weighted by Gasteiger charge is 2.04. The SMILES string of the molecule is CCNCc1ccc(C)c(Oc2cccc(OC)c2)c1. The summed E-state index contributed by atoms with van der Waals surface area (Å²) >= 11 is 0. The van der Waals surface area contributed by atoms with Crippen LogP contribution < -0.4 is 14.8 Å². The van der Waals surface area contributed by atoms with Crippen LogP contribution in [0.5, 0.6) is 17.2 Å². The second-order valence-corrected chi connectivity index (χ2v) is 4.66. The fraction of sp³-hybridized carbons (Fsp3) is 0.294. The molecule has 0 heterocycles. The summed E-state index contributed by atoms with van der Waals surface area (Å²) in [5.74, 6) is 2.46. The van der Waals surface area contributed by atoms with Crippen LogP contribution >= 0.6 is 0 Å². The molecule has 0 radical (unpaired) electrons. The lowest BCUT2D eigenvalue weighted by Crippen LogP contribution is -2.11. The molecule has 0 fully saturated rings. The maximum absolute atomic E-state index is 5.96. The average Bonchev–Trinajstić information content (AvgIpc) is 2.48. The molecule has 0 aliphatic heterocycles. The Balaban J connectivity index is 2.18. The van der Waals surface area contributed by atoms with E-state index in [1.165, 1.54) is 5.56 Å². The van der Waals surface area contributed by atoms with Gasteiger partial charge in [-0.05, 0) is 42.8 Å². The first-order valence-corrected chi connectivity index (χ1v) is 6.85. The Morgan fingerprint density at radius 3 is 2.60 bits per heavy atom. The molecule has 20 heavy (non-hydrogen) atoms. The molecule has 3 heteroatoms. The van der Waals surface area contributed by atoms with Crippen LogP contribution in [0.1, 0.15) is 18.1 Å². The van der Waals surface area contributed by atoms with Gasteiger partial charge < -0.3 is 14.8 Å². The first-order valence-electron chi connectivity index (χ1n) is 6.85. The molecule has 2 rings (SSSR count). The van der Waals surface area contributed by atoms with E-state index in [0.717, 1.165) is 35.9 Å². The molecular formula is C17H21NO2. The van der Waals surface area contributed by atoms with Gasteiger partial charge in [0.25, 0.3) is 0 Å². The maximum Gasteiger partial charge on any atom is 0.131 e. The van der Waals surface area contributed by atoms with Crippen molar-refractivity contribution in [3.05, 3.63) is 53.6 Å². The largest absolute Gasteiger partial charge is 0.497 e. The summed E-state index contributed by atoms with van der Waals surface area (Å²) in [6.45, 7) is 5.96. The Kier molecular flexibility index (Phi) is 5.02. The molecule has 0 aromatic heterocycles. The number of hydrogen-bond acceptors (Lipinski definition) is 3. The average molecular weight is 271 g/mol. The van der Waals surface area contributed by atoms with Crippen LogP contribution in [0.2, 0.25) is 0 Å². The lowest BCUT2D eigenvalue weighted by molar-refractivity contribution is 0.408. The molecule has 2 aromatic rings. The van der Waals surface area contributed by atoms with Crippen molar-refractivity contribution in [2.45, 2.75) is 20.4 Å². The Hall–Kier alpha value is -2.00. The van der Waals surface area contributed by atoms with E-state index in [9.17, 15) is 0 Å². The van der Waals surface area contributed by atoms with Gasteiger partial charge in [-0.1, -0.05) is 25.1 Å². The molecule has 3 nitrogen and oxygen atoms in total. The summed E-state index contributed by atoms with van der Waals surface area (Å²) in [4.78, 5) is 0. The number of nitrogens with one attached hydrogen (secondary N) is 1. The lowest BCUT2D eigenvalue weighted by Gasteiger charge is -2.12. The molecule has 106 valence electrons. The Bertz CT molecular complexity index is 567. The molecule has 0 aliphatic rings. The zero-order valence-electron chi connectivity index (χ0n) is 12.3. The third kappa shape index (κ3) is 3.75. The summed E-state index contributed by atoms with van der Waals surface area (Å²) in [6, 6.07) is 13.9. The normalized spacial score (nSPS) is 10.3. The zero-order chi connectivity index (χ0) is 14.4. The first-order chi connectivity index (χ1) is 9.72. The van der Waals surface area contributed by atoms with Crippen LogP contribution in [0, 0.1) is 6.92 Å². The third-order valence-corrected chi connectivity index (χ3v) is 3.10. The van der Waals surface area contributed by atoms with Crippen molar-refractivity contribution in [1.29, 1.82) is 0 Å². The van der Waals surface area contributed by atoms with E-state index < -0.39 is 0 Å². The van der Waals surface area contributed by atoms with Gasteiger partial charge in [-0.15, -0.1) is 0 Å². The minimum atomic E-state index is 0.785. The van der Waals surface area contributed by atoms with Crippen molar-refractivity contribution < 1.29 is 9.47 Å². The Morgan fingerprint density at radius 2 is 1.85 bits per heavy atom. The standard InChI is InChI=1S/C17H21NO2/c1-4-18-12-14-9-8-13(2)17(10-14)20-16-7-5-6-15(11-16)19-3/h5-11,18H,4,12H2,1-3H3. The number of benzene rings is 2. The van der Waals surface area contributed by atoms with Gasteiger partial charge in [-0.25, -0.2) is 0 Å². The molecule has 0 saturated carbocycles. The highest BCUT2D eigenvalue weighted by Crippen LogP contribution is 2.28. The smallest absolute Gasteiger partial charge is 0.131 e. The van der Waals surface area contributed by atoms with Gasteiger partial charge in [0.05, 0.1) is 7.11 Å². The van der Waals surface area contributed by atoms with Crippen LogP contribution in [0.4, 0.5) is 0 Å². The lowest BCUT2D eigenvalue weighted by atomic mass is 10.1. The third-order valence-electron chi connectivity index (χ3n) is 3.10. The summed E-state index contributed by atoms with van der Waals surface area (Å²) in [6.07, 6.45) is 0. The number of aryl methyl sites for hydroxylation is 1. The van der Waals surface area contributed by atoms with Crippen molar-refractivity contribution >= 4 is 0 Å². The predicted octanol–water partition coefficient (Wildman–Crippen LogP) is 3.91. The van der Waals surface area contributed by atoms with Gasteiger partial charge in [0.1, 0.15) is 17.2 Å². The van der Waals surface area contributed by atoms with Gasteiger partial charge in [0.15, 0.2) is 0 Å². The van der Waals surface area contributed by atoms with Crippen molar-refractivity contribution in [3.63, 3.8) is 0 Å². The van der Waals surface area contributed by atoms with Crippen molar-refractivity contribution in [1.82, 2.24) is 5.32 Å². The first kappa shape index (κ1) is 14.4. The number of hydrogen-bond donors (Lipinski definition) is 1. The van der Waals surface area contributed by atoms with E-state index in [0.29, 0.717) is 0 Å². The van der Waals surface area contributed by atoms with Crippen molar-refractivity contribution in [2.75, 3.05) is 13.7 Å². The van der Waals surface area contributed by atoms with E-state index in [1.54, 1.807) is 7.11 Å². The van der Waals surface area contributed by atoms with Gasteiger partial charge in [0.2, 0.25) is 0 Å². The topological polar surface area (TPSA) is 30.5 Å². The van der Waals surface area contributed by atoms with E-state index in [2.05, 4.69) is 30.4 Å². The summed E-state index contributed by atoms with van der Waals surface area (Å²) in [5.41, 5.74) is 2.34. The molecule has 0 aliphatic carbocycles. The van der Waals surface area contributed by atoms with Gasteiger partial charge in [-0.2, -0.15) is 0 Å². The second kappa shape index (κ2) is 6.96. The quantitative estimate of drug-likeness (QED) is 0.864. The molecule has 0 spiro atoms. The molecule has 0 saturated heterocycles. The van der Waals surface area contributed by atoms with E-state index in [-0.39, 0.29) is 0 Å². The molecule has 0 atom stereocenters. The Labute approximate surface area is 120 Å². The molecule has 0 bridgehead atoms. The highest BCUT2D eigenvalue weighted by atomic mass is 16.5. The van der Waals surface area contributed by atoms with Crippen LogP contribution in [0.15, 0.2) is 42.5 Å². The summed E-state index contributed by atoms with van der Waals surface area (Å²) in [7, 11) is 1.65. The summed E-state index contributed by atoms with van der Waals surface area (Å²) in [5, 5.41) is 3.32. The van der Waals surface area contributed by atoms with Crippen LogP contribution in [0.3, 0.4) is 0 Å². The van der Waals surface area contributed by atoms with Crippen LogP contribution in [-0.2, 0) is 6.54 Å². The predicted molar refractivity (Wildman–Crippen MR) is 81.6 cm³/mol. The minimum Gasteiger partial charge on any atom is -0.497 e. The number of methoxy groups -OCH3 is 1. The maximum atomic E-state index is 5.96.